The molecule has 0 saturated heterocycles. The van der Waals surface area contributed by atoms with Crippen molar-refractivity contribution >= 4 is 21.8 Å². The van der Waals surface area contributed by atoms with Crippen LogP contribution in [0.1, 0.15) is 47.5 Å². The highest BCUT2D eigenvalue weighted by Crippen LogP contribution is 2.40. The van der Waals surface area contributed by atoms with Crippen molar-refractivity contribution in [3.8, 4) is 39.9 Å². The van der Waals surface area contributed by atoms with Gasteiger partial charge in [-0.05, 0) is 117 Å². The Morgan fingerprint density at radius 1 is 0.702 bits per heavy atom. The summed E-state index contributed by atoms with van der Waals surface area (Å²) in [6.45, 7) is 13.0. The van der Waals surface area contributed by atoms with Crippen LogP contribution in [0.5, 0.6) is 17.2 Å². The number of hydrogen-bond donors (Lipinski definition) is 0. The zero-order valence-corrected chi connectivity index (χ0v) is 28.2. The van der Waals surface area contributed by atoms with Crippen molar-refractivity contribution in [2.75, 3.05) is 7.11 Å². The summed E-state index contributed by atoms with van der Waals surface area (Å²) in [5.74, 6) is 3.33. The molecule has 7 aromatic rings. The number of aryl methyl sites for hydroxylation is 3. The Hall–Kier alpha value is -5.36. The van der Waals surface area contributed by atoms with E-state index in [9.17, 15) is 0 Å². The minimum absolute atomic E-state index is 0.753. The van der Waals surface area contributed by atoms with Gasteiger partial charge in [0.1, 0.15) is 23.1 Å². The van der Waals surface area contributed by atoms with Gasteiger partial charge in [-0.2, -0.15) is 5.10 Å². The highest BCUT2D eigenvalue weighted by atomic mass is 16.5. The Morgan fingerprint density at radius 3 is 2.26 bits per heavy atom. The van der Waals surface area contributed by atoms with E-state index in [0.29, 0.717) is 0 Å². The monoisotopic (exact) mass is 620 g/mol. The van der Waals surface area contributed by atoms with Crippen LogP contribution < -0.4 is 9.47 Å². The molecule has 0 unspecified atom stereocenters. The van der Waals surface area contributed by atoms with E-state index in [-0.39, 0.29) is 0 Å². The van der Waals surface area contributed by atoms with E-state index in [0.717, 1.165) is 74.8 Å². The van der Waals surface area contributed by atoms with Crippen molar-refractivity contribution < 1.29 is 9.47 Å². The average Bonchev–Trinajstić information content (AvgIpc) is 3.62. The molecular formula is C41H40N4O2. The smallest absolute Gasteiger partial charge is 0.137 e. The second-order valence-corrected chi connectivity index (χ2v) is 12.2. The Balaban J connectivity index is 1.31. The van der Waals surface area contributed by atoms with E-state index in [1.54, 1.807) is 7.11 Å². The third-order valence-electron chi connectivity index (χ3n) is 9.32. The zero-order valence-electron chi connectivity index (χ0n) is 28.2. The first kappa shape index (κ1) is 30.3. The van der Waals surface area contributed by atoms with Gasteiger partial charge in [-0.3, -0.25) is 4.57 Å². The number of ether oxygens (including phenoxy) is 2. The normalized spacial score (nSPS) is 11.5. The predicted molar refractivity (Wildman–Crippen MR) is 192 cm³/mol. The molecule has 0 atom stereocenters. The van der Waals surface area contributed by atoms with Gasteiger partial charge in [0.25, 0.3) is 0 Å². The van der Waals surface area contributed by atoms with Crippen LogP contribution in [0.3, 0.4) is 0 Å². The number of aromatic nitrogens is 4. The van der Waals surface area contributed by atoms with Crippen LogP contribution in [-0.4, -0.2) is 26.4 Å². The molecule has 6 heteroatoms. The predicted octanol–water partition coefficient (Wildman–Crippen LogP) is 10.2. The molecule has 0 radical (unpaired) electrons. The first-order valence-corrected chi connectivity index (χ1v) is 16.3. The quantitative estimate of drug-likeness (QED) is 0.170. The molecule has 4 aromatic carbocycles. The number of nitrogens with zero attached hydrogens (tertiary/aromatic N) is 4. The second kappa shape index (κ2) is 12.1. The highest BCUT2D eigenvalue weighted by Gasteiger charge is 2.23. The zero-order chi connectivity index (χ0) is 32.8. The lowest BCUT2D eigenvalue weighted by molar-refractivity contribution is 0.411. The molecule has 3 heterocycles. The first-order chi connectivity index (χ1) is 22.8. The summed E-state index contributed by atoms with van der Waals surface area (Å²) in [6.07, 6.45) is 3.54. The van der Waals surface area contributed by atoms with Gasteiger partial charge in [-0.1, -0.05) is 38.1 Å². The highest BCUT2D eigenvalue weighted by molar-refractivity contribution is 6.09. The maximum absolute atomic E-state index is 6.57. The van der Waals surface area contributed by atoms with Crippen LogP contribution >= 0.6 is 0 Å². The molecule has 47 heavy (non-hydrogen) atoms. The van der Waals surface area contributed by atoms with Crippen LogP contribution in [0, 0.1) is 27.7 Å². The lowest BCUT2D eigenvalue weighted by Crippen LogP contribution is -2.03. The number of rotatable bonds is 8. The Bertz CT molecular complexity index is 2290. The fourth-order valence-electron chi connectivity index (χ4n) is 6.94. The van der Waals surface area contributed by atoms with E-state index in [1.807, 2.05) is 30.5 Å². The second-order valence-electron chi connectivity index (χ2n) is 12.2. The first-order valence-electron chi connectivity index (χ1n) is 16.3. The maximum Gasteiger partial charge on any atom is 0.137 e. The van der Waals surface area contributed by atoms with Crippen molar-refractivity contribution in [1.82, 2.24) is 19.3 Å². The molecule has 0 aliphatic heterocycles. The number of fused-ring (bicyclic) bond motifs is 3. The summed E-state index contributed by atoms with van der Waals surface area (Å²) in [5.41, 5.74) is 12.6. The fourth-order valence-corrected chi connectivity index (χ4v) is 6.94. The summed E-state index contributed by atoms with van der Waals surface area (Å²) in [4.78, 5) is 4.73. The number of para-hydroxylation sites is 1. The molecule has 0 aliphatic rings. The summed E-state index contributed by atoms with van der Waals surface area (Å²) in [7, 11) is 1.74. The largest absolute Gasteiger partial charge is 0.496 e. The molecular weight excluding hydrogens is 580 g/mol. The van der Waals surface area contributed by atoms with Crippen LogP contribution in [0.4, 0.5) is 0 Å². The van der Waals surface area contributed by atoms with Gasteiger partial charge >= 0.3 is 0 Å². The van der Waals surface area contributed by atoms with Crippen LogP contribution in [0.2, 0.25) is 0 Å². The van der Waals surface area contributed by atoms with Gasteiger partial charge in [-0.25, -0.2) is 9.67 Å². The number of methoxy groups -OCH3 is 1. The molecule has 236 valence electrons. The maximum atomic E-state index is 6.57. The Labute approximate surface area is 276 Å². The topological polar surface area (TPSA) is 54.1 Å². The molecule has 0 bridgehead atoms. The van der Waals surface area contributed by atoms with Crippen molar-refractivity contribution in [2.45, 2.75) is 54.4 Å². The van der Waals surface area contributed by atoms with E-state index in [4.69, 9.17) is 19.6 Å². The van der Waals surface area contributed by atoms with Crippen molar-refractivity contribution in [1.29, 1.82) is 0 Å². The van der Waals surface area contributed by atoms with E-state index in [1.165, 1.54) is 33.3 Å². The van der Waals surface area contributed by atoms with Gasteiger partial charge < -0.3 is 9.47 Å². The minimum atomic E-state index is 0.753. The molecule has 0 fully saturated rings. The van der Waals surface area contributed by atoms with Crippen molar-refractivity contribution in [2.24, 2.45) is 0 Å². The standard InChI is InChI=1S/C41H40N4O2/c1-8-34-41(40-26(4)22-38(46-7)27(5)28(40)6)35(9-2)45(43-34)29-13-12-14-30(23-29)47-31-17-18-33-32-15-10-11-16-36(32)44(37(33)24-31)39-21-25(3)19-20-42-39/h10-24H,8-9H2,1-7H3. The summed E-state index contributed by atoms with van der Waals surface area (Å²) >= 11 is 0. The molecule has 0 spiro atoms. The van der Waals surface area contributed by atoms with Crippen LogP contribution in [-0.2, 0) is 12.8 Å². The number of hydrogen-bond acceptors (Lipinski definition) is 4. The summed E-state index contributed by atoms with van der Waals surface area (Å²) in [6, 6.07) is 29.3. The van der Waals surface area contributed by atoms with E-state index >= 15 is 0 Å². The molecule has 3 aromatic heterocycles. The van der Waals surface area contributed by atoms with E-state index < -0.39 is 0 Å². The molecule has 0 aliphatic carbocycles. The number of pyridine rings is 1. The van der Waals surface area contributed by atoms with Gasteiger partial charge in [0.2, 0.25) is 0 Å². The van der Waals surface area contributed by atoms with E-state index in [2.05, 4.69) is 111 Å². The SMILES string of the molecule is CCc1nn(-c2cccc(Oc3ccc4c5ccccc5n(-c5cc(C)ccn5)c4c3)c2)c(CC)c1-c1c(C)cc(OC)c(C)c1C. The average molecular weight is 621 g/mol. The fraction of sp³-hybridized carbons (Fsp3) is 0.220. The third-order valence-corrected chi connectivity index (χ3v) is 9.32. The van der Waals surface area contributed by atoms with Gasteiger partial charge in [0.15, 0.2) is 0 Å². The summed E-state index contributed by atoms with van der Waals surface area (Å²) in [5, 5.41) is 7.53. The molecule has 0 amide bonds. The molecule has 0 saturated carbocycles. The Kier molecular flexibility index (Phi) is 7.80. The molecule has 6 nitrogen and oxygen atoms in total. The molecule has 0 N–H and O–H groups in total. The van der Waals surface area contributed by atoms with Crippen molar-refractivity contribution in [3.05, 3.63) is 125 Å². The lowest BCUT2D eigenvalue weighted by atomic mass is 9.89. The molecule has 7 rings (SSSR count). The van der Waals surface area contributed by atoms with Gasteiger partial charge in [0.05, 0.1) is 35.2 Å². The van der Waals surface area contributed by atoms with Crippen LogP contribution in [0.25, 0.3) is 44.4 Å². The van der Waals surface area contributed by atoms with Gasteiger partial charge in [0, 0.05) is 34.7 Å². The van der Waals surface area contributed by atoms with Gasteiger partial charge in [-0.15, -0.1) is 0 Å². The lowest BCUT2D eigenvalue weighted by Gasteiger charge is -2.18. The third kappa shape index (κ3) is 5.14. The minimum Gasteiger partial charge on any atom is -0.496 e. The van der Waals surface area contributed by atoms with Crippen molar-refractivity contribution in [3.63, 3.8) is 0 Å². The Morgan fingerprint density at radius 2 is 1.49 bits per heavy atom. The van der Waals surface area contributed by atoms with Crippen LogP contribution in [0.15, 0.2) is 91.1 Å². The number of benzene rings is 4. The summed E-state index contributed by atoms with van der Waals surface area (Å²) < 4.78 is 16.6.